The summed E-state index contributed by atoms with van der Waals surface area (Å²) in [7, 11) is 0. The number of rotatable bonds is 6. The van der Waals surface area contributed by atoms with Gasteiger partial charge in [-0.3, -0.25) is 19.7 Å². The van der Waals surface area contributed by atoms with Crippen LogP contribution in [0.1, 0.15) is 41.5 Å². The van der Waals surface area contributed by atoms with Crippen LogP contribution >= 0.6 is 0 Å². The molecule has 1 aromatic heterocycles. The van der Waals surface area contributed by atoms with Crippen LogP contribution in [0.3, 0.4) is 0 Å². The van der Waals surface area contributed by atoms with Crippen molar-refractivity contribution in [3.8, 4) is 0 Å². The molecule has 176 valence electrons. The van der Waals surface area contributed by atoms with Gasteiger partial charge in [-0.1, -0.05) is 18.2 Å². The van der Waals surface area contributed by atoms with Crippen molar-refractivity contribution in [2.24, 2.45) is 0 Å². The van der Waals surface area contributed by atoms with Crippen LogP contribution in [0, 0.1) is 15.9 Å². The van der Waals surface area contributed by atoms with Crippen LogP contribution in [0.25, 0.3) is 0 Å². The lowest BCUT2D eigenvalue weighted by molar-refractivity contribution is -0.384. The first-order valence-corrected chi connectivity index (χ1v) is 11.0. The SMILES string of the molecule is CC(C)N(CC(=O)N1CCn2cccc2[C@@H]1c1cccc(F)c1)C(=O)c1cccc([N+](=O)[O-])c1. The zero-order valence-corrected chi connectivity index (χ0v) is 18.9. The summed E-state index contributed by atoms with van der Waals surface area (Å²) in [4.78, 5) is 40.4. The van der Waals surface area contributed by atoms with Crippen molar-refractivity contribution in [2.75, 3.05) is 13.1 Å². The zero-order valence-electron chi connectivity index (χ0n) is 18.9. The van der Waals surface area contributed by atoms with Crippen LogP contribution in [-0.2, 0) is 11.3 Å². The molecular formula is C25H25FN4O4. The lowest BCUT2D eigenvalue weighted by atomic mass is 9.99. The van der Waals surface area contributed by atoms with Gasteiger partial charge in [-0.05, 0) is 49.7 Å². The molecule has 9 heteroatoms. The number of hydrogen-bond acceptors (Lipinski definition) is 4. The Morgan fingerprint density at radius 2 is 1.88 bits per heavy atom. The number of aromatic nitrogens is 1. The van der Waals surface area contributed by atoms with Crippen LogP contribution in [0.4, 0.5) is 10.1 Å². The number of amides is 2. The molecule has 2 heterocycles. The summed E-state index contributed by atoms with van der Waals surface area (Å²) in [5.74, 6) is -1.14. The summed E-state index contributed by atoms with van der Waals surface area (Å²) in [5.41, 5.74) is 1.47. The minimum absolute atomic E-state index is 0.143. The molecule has 3 aromatic rings. The Kier molecular flexibility index (Phi) is 6.45. The Bertz CT molecular complexity index is 1240. The van der Waals surface area contributed by atoms with Gasteiger partial charge in [0, 0.05) is 48.7 Å². The van der Waals surface area contributed by atoms with Gasteiger partial charge in [0.15, 0.2) is 0 Å². The Balaban J connectivity index is 1.63. The Hall–Kier alpha value is -4.01. The van der Waals surface area contributed by atoms with E-state index >= 15 is 0 Å². The molecule has 0 fully saturated rings. The molecule has 0 unspecified atom stereocenters. The smallest absolute Gasteiger partial charge is 0.270 e. The summed E-state index contributed by atoms with van der Waals surface area (Å²) in [6.07, 6.45) is 1.93. The molecule has 2 amide bonds. The minimum atomic E-state index is -0.561. The van der Waals surface area contributed by atoms with Crippen molar-refractivity contribution in [2.45, 2.75) is 32.5 Å². The van der Waals surface area contributed by atoms with E-state index in [9.17, 15) is 24.1 Å². The molecular weight excluding hydrogens is 439 g/mol. The fraction of sp³-hybridized carbons (Fsp3) is 0.280. The normalized spacial score (nSPS) is 15.2. The highest BCUT2D eigenvalue weighted by Crippen LogP contribution is 2.33. The second-order valence-electron chi connectivity index (χ2n) is 8.51. The predicted molar refractivity (Wildman–Crippen MR) is 124 cm³/mol. The number of nitro benzene ring substituents is 1. The molecule has 0 radical (unpaired) electrons. The number of benzene rings is 2. The van der Waals surface area contributed by atoms with Crippen LogP contribution in [-0.4, -0.2) is 50.2 Å². The van der Waals surface area contributed by atoms with Crippen molar-refractivity contribution >= 4 is 17.5 Å². The maximum Gasteiger partial charge on any atom is 0.270 e. The zero-order chi connectivity index (χ0) is 24.4. The molecule has 2 aromatic carbocycles. The lowest BCUT2D eigenvalue weighted by Crippen LogP contribution is -2.49. The van der Waals surface area contributed by atoms with E-state index in [1.165, 1.54) is 41.3 Å². The second kappa shape index (κ2) is 9.46. The Labute approximate surface area is 196 Å². The largest absolute Gasteiger partial charge is 0.348 e. The van der Waals surface area contributed by atoms with Crippen molar-refractivity contribution in [1.82, 2.24) is 14.4 Å². The van der Waals surface area contributed by atoms with Gasteiger partial charge in [-0.2, -0.15) is 0 Å². The second-order valence-corrected chi connectivity index (χ2v) is 8.51. The third kappa shape index (κ3) is 4.54. The van der Waals surface area contributed by atoms with Crippen LogP contribution < -0.4 is 0 Å². The van der Waals surface area contributed by atoms with Gasteiger partial charge >= 0.3 is 0 Å². The number of hydrogen-bond donors (Lipinski definition) is 0. The van der Waals surface area contributed by atoms with Gasteiger partial charge in [-0.25, -0.2) is 4.39 Å². The molecule has 34 heavy (non-hydrogen) atoms. The van der Waals surface area contributed by atoms with E-state index in [2.05, 4.69) is 0 Å². The van der Waals surface area contributed by atoms with Crippen molar-refractivity contribution in [1.29, 1.82) is 0 Å². The molecule has 1 atom stereocenters. The summed E-state index contributed by atoms with van der Waals surface area (Å²) in [5, 5.41) is 11.1. The average Bonchev–Trinajstić information content (AvgIpc) is 3.30. The molecule has 0 N–H and O–H groups in total. The van der Waals surface area contributed by atoms with E-state index in [1.807, 2.05) is 22.9 Å². The maximum atomic E-state index is 14.0. The first-order valence-electron chi connectivity index (χ1n) is 11.0. The number of non-ortho nitro benzene ring substituents is 1. The van der Waals surface area contributed by atoms with Gasteiger partial charge in [0.25, 0.3) is 11.6 Å². The molecule has 0 bridgehead atoms. The van der Waals surface area contributed by atoms with E-state index in [0.29, 0.717) is 18.7 Å². The van der Waals surface area contributed by atoms with Crippen LogP contribution in [0.5, 0.6) is 0 Å². The number of halogens is 1. The van der Waals surface area contributed by atoms with Gasteiger partial charge in [0.1, 0.15) is 12.4 Å². The monoisotopic (exact) mass is 464 g/mol. The molecule has 4 rings (SSSR count). The molecule has 0 saturated carbocycles. The van der Waals surface area contributed by atoms with E-state index in [1.54, 1.807) is 30.9 Å². The molecule has 0 spiro atoms. The number of fused-ring (bicyclic) bond motifs is 1. The lowest BCUT2D eigenvalue weighted by Gasteiger charge is -2.39. The number of carbonyl (C=O) groups is 2. The highest BCUT2D eigenvalue weighted by Gasteiger charge is 2.34. The maximum absolute atomic E-state index is 14.0. The topological polar surface area (TPSA) is 88.7 Å². The predicted octanol–water partition coefficient (Wildman–Crippen LogP) is 4.02. The highest BCUT2D eigenvalue weighted by molar-refractivity contribution is 5.97. The molecule has 1 aliphatic rings. The first kappa shape index (κ1) is 23.2. The summed E-state index contributed by atoms with van der Waals surface area (Å²) < 4.78 is 16.1. The number of carbonyl (C=O) groups excluding carboxylic acids is 2. The van der Waals surface area contributed by atoms with E-state index in [-0.39, 0.29) is 29.7 Å². The van der Waals surface area contributed by atoms with Crippen molar-refractivity contribution < 1.29 is 18.9 Å². The third-order valence-electron chi connectivity index (χ3n) is 6.02. The number of nitro groups is 1. The van der Waals surface area contributed by atoms with Crippen molar-refractivity contribution in [3.63, 3.8) is 0 Å². The Morgan fingerprint density at radius 3 is 2.59 bits per heavy atom. The highest BCUT2D eigenvalue weighted by atomic mass is 19.1. The van der Waals surface area contributed by atoms with Crippen LogP contribution in [0.2, 0.25) is 0 Å². The van der Waals surface area contributed by atoms with Gasteiger partial charge in [0.2, 0.25) is 5.91 Å². The summed E-state index contributed by atoms with van der Waals surface area (Å²) in [6.45, 7) is 4.35. The van der Waals surface area contributed by atoms with E-state index < -0.39 is 22.7 Å². The van der Waals surface area contributed by atoms with Crippen LogP contribution in [0.15, 0.2) is 66.9 Å². The summed E-state index contributed by atoms with van der Waals surface area (Å²) >= 11 is 0. The van der Waals surface area contributed by atoms with Gasteiger partial charge in [-0.15, -0.1) is 0 Å². The van der Waals surface area contributed by atoms with Gasteiger partial charge in [0.05, 0.1) is 11.0 Å². The molecule has 1 aliphatic heterocycles. The van der Waals surface area contributed by atoms with E-state index in [0.717, 1.165) is 5.69 Å². The Morgan fingerprint density at radius 1 is 1.12 bits per heavy atom. The quantitative estimate of drug-likeness (QED) is 0.407. The van der Waals surface area contributed by atoms with Crippen molar-refractivity contribution in [3.05, 3.63) is 99.6 Å². The average molecular weight is 464 g/mol. The first-order chi connectivity index (χ1) is 16.3. The standard InChI is InChI=1S/C25H25FN4O4/c1-17(2)29(25(32)19-7-4-9-21(15-19)30(33)34)16-23(31)28-13-12-27-11-5-10-22(27)24(28)18-6-3-8-20(26)14-18/h3-11,14-15,17,24H,12-13,16H2,1-2H3/t24-/m0/s1. The molecule has 0 aliphatic carbocycles. The number of nitrogens with zero attached hydrogens (tertiary/aromatic N) is 4. The summed E-state index contributed by atoms with van der Waals surface area (Å²) in [6, 6.07) is 14.6. The van der Waals surface area contributed by atoms with Gasteiger partial charge < -0.3 is 14.4 Å². The molecule has 0 saturated heterocycles. The third-order valence-corrected chi connectivity index (χ3v) is 6.02. The van der Waals surface area contributed by atoms with E-state index in [4.69, 9.17) is 0 Å². The molecule has 8 nitrogen and oxygen atoms in total. The fourth-order valence-corrected chi connectivity index (χ4v) is 4.32. The minimum Gasteiger partial charge on any atom is -0.348 e. The fourth-order valence-electron chi connectivity index (χ4n) is 4.32.